The number of piperidine rings is 1. The molecule has 2 saturated heterocycles. The van der Waals surface area contributed by atoms with E-state index in [2.05, 4.69) is 31.3 Å². The average molecular weight is 304 g/mol. The van der Waals surface area contributed by atoms with Gasteiger partial charge in [-0.05, 0) is 25.5 Å². The number of rotatable bonds is 3. The van der Waals surface area contributed by atoms with Crippen molar-refractivity contribution in [2.75, 3.05) is 38.2 Å². The summed E-state index contributed by atoms with van der Waals surface area (Å²) >= 11 is 0. The maximum atomic E-state index is 12.3. The molecular formula is C17H24N2O3. The molecule has 0 radical (unpaired) electrons. The number of benzene rings is 1. The van der Waals surface area contributed by atoms with E-state index in [1.54, 1.807) is 0 Å². The lowest BCUT2D eigenvalue weighted by molar-refractivity contribution is -0.187. The number of carbonyl (C=O) groups excluding carboxylic acids is 1. The normalized spacial score (nSPS) is 20.4. The summed E-state index contributed by atoms with van der Waals surface area (Å²) in [6.07, 6.45) is 1.53. The van der Waals surface area contributed by atoms with Crippen LogP contribution in [0.1, 0.15) is 24.0 Å². The third kappa shape index (κ3) is 3.25. The Balaban J connectivity index is 1.50. The van der Waals surface area contributed by atoms with Gasteiger partial charge in [-0.25, -0.2) is 0 Å². The Hall–Kier alpha value is -1.59. The van der Waals surface area contributed by atoms with Gasteiger partial charge in [0.1, 0.15) is 0 Å². The summed E-state index contributed by atoms with van der Waals surface area (Å²) in [6, 6.07) is 6.20. The number of carbonyl (C=O) groups is 1. The van der Waals surface area contributed by atoms with Crippen LogP contribution in [-0.2, 0) is 14.3 Å². The number of hydrogen-bond acceptors (Lipinski definition) is 4. The molecule has 0 unspecified atom stereocenters. The number of nitrogens with one attached hydrogen (secondary N) is 1. The molecule has 5 nitrogen and oxygen atoms in total. The fourth-order valence-electron chi connectivity index (χ4n) is 3.18. The zero-order valence-electron chi connectivity index (χ0n) is 13.4. The number of likely N-dealkylation sites (tertiary alicyclic amines) is 1. The van der Waals surface area contributed by atoms with Gasteiger partial charge in [0, 0.05) is 31.6 Å². The first-order valence-electron chi connectivity index (χ1n) is 7.95. The molecule has 2 heterocycles. The standard InChI is InChI=1S/C17H24N2O3/c1-13-3-4-15(14(2)11-13)18-12-16(20)19-7-5-17(6-8-19)21-9-10-22-17/h3-4,11,18H,5-10,12H2,1-2H3. The van der Waals surface area contributed by atoms with Gasteiger partial charge in [0.05, 0.1) is 19.8 Å². The van der Waals surface area contributed by atoms with Crippen LogP contribution in [0.2, 0.25) is 0 Å². The SMILES string of the molecule is Cc1ccc(NCC(=O)N2CCC3(CC2)OCCO3)c(C)c1. The van der Waals surface area contributed by atoms with Crippen LogP contribution in [0.3, 0.4) is 0 Å². The Labute approximate surface area is 131 Å². The Morgan fingerprint density at radius 3 is 2.55 bits per heavy atom. The van der Waals surface area contributed by atoms with E-state index < -0.39 is 5.79 Å². The van der Waals surface area contributed by atoms with E-state index >= 15 is 0 Å². The van der Waals surface area contributed by atoms with E-state index in [-0.39, 0.29) is 5.91 Å². The maximum absolute atomic E-state index is 12.3. The van der Waals surface area contributed by atoms with E-state index in [1.807, 2.05) is 11.0 Å². The monoisotopic (exact) mass is 304 g/mol. The minimum Gasteiger partial charge on any atom is -0.376 e. The highest BCUT2D eigenvalue weighted by molar-refractivity contribution is 5.81. The maximum Gasteiger partial charge on any atom is 0.241 e. The van der Waals surface area contributed by atoms with Crippen molar-refractivity contribution in [3.8, 4) is 0 Å². The predicted octanol–water partition coefficient (Wildman–Crippen LogP) is 2.08. The number of nitrogens with zero attached hydrogens (tertiary/aromatic N) is 1. The molecular weight excluding hydrogens is 280 g/mol. The van der Waals surface area contributed by atoms with Crippen LogP contribution in [0.25, 0.3) is 0 Å². The Morgan fingerprint density at radius 2 is 1.91 bits per heavy atom. The quantitative estimate of drug-likeness (QED) is 0.929. The lowest BCUT2D eigenvalue weighted by Gasteiger charge is -2.37. The third-order valence-electron chi connectivity index (χ3n) is 4.50. The molecule has 120 valence electrons. The van der Waals surface area contributed by atoms with Crippen LogP contribution < -0.4 is 5.32 Å². The van der Waals surface area contributed by atoms with Crippen molar-refractivity contribution in [1.29, 1.82) is 0 Å². The summed E-state index contributed by atoms with van der Waals surface area (Å²) in [5.74, 6) is -0.287. The molecule has 0 aliphatic carbocycles. The van der Waals surface area contributed by atoms with Gasteiger partial charge >= 0.3 is 0 Å². The Morgan fingerprint density at radius 1 is 1.23 bits per heavy atom. The van der Waals surface area contributed by atoms with Crippen molar-refractivity contribution in [2.24, 2.45) is 0 Å². The molecule has 22 heavy (non-hydrogen) atoms. The first kappa shape index (κ1) is 15.3. The zero-order valence-corrected chi connectivity index (χ0v) is 13.4. The summed E-state index contributed by atoms with van der Waals surface area (Å²) in [5.41, 5.74) is 3.42. The topological polar surface area (TPSA) is 50.8 Å². The van der Waals surface area contributed by atoms with Crippen molar-refractivity contribution in [3.05, 3.63) is 29.3 Å². The van der Waals surface area contributed by atoms with Crippen LogP contribution in [0.4, 0.5) is 5.69 Å². The van der Waals surface area contributed by atoms with Gasteiger partial charge in [-0.1, -0.05) is 17.7 Å². The fourth-order valence-corrected chi connectivity index (χ4v) is 3.18. The largest absolute Gasteiger partial charge is 0.376 e. The second-order valence-corrected chi connectivity index (χ2v) is 6.16. The lowest BCUT2D eigenvalue weighted by Crippen LogP contribution is -2.48. The molecule has 3 rings (SSSR count). The molecule has 1 amide bonds. The van der Waals surface area contributed by atoms with Crippen molar-refractivity contribution >= 4 is 11.6 Å². The lowest BCUT2D eigenvalue weighted by atomic mass is 10.0. The van der Waals surface area contributed by atoms with Gasteiger partial charge in [0.25, 0.3) is 0 Å². The summed E-state index contributed by atoms with van der Waals surface area (Å²) < 4.78 is 11.4. The van der Waals surface area contributed by atoms with Gasteiger partial charge in [-0.2, -0.15) is 0 Å². The van der Waals surface area contributed by atoms with Gasteiger partial charge in [-0.15, -0.1) is 0 Å². The molecule has 0 bridgehead atoms. The summed E-state index contributed by atoms with van der Waals surface area (Å²) in [4.78, 5) is 14.2. The molecule has 0 aromatic heterocycles. The van der Waals surface area contributed by atoms with E-state index in [1.165, 1.54) is 5.56 Å². The molecule has 1 aromatic carbocycles. The molecule has 1 aromatic rings. The minimum absolute atomic E-state index is 0.132. The number of anilines is 1. The van der Waals surface area contributed by atoms with Gasteiger partial charge in [-0.3, -0.25) is 4.79 Å². The van der Waals surface area contributed by atoms with Crippen LogP contribution in [0.15, 0.2) is 18.2 Å². The van der Waals surface area contributed by atoms with E-state index in [0.29, 0.717) is 32.8 Å². The second-order valence-electron chi connectivity index (χ2n) is 6.16. The van der Waals surface area contributed by atoms with Crippen LogP contribution in [0, 0.1) is 13.8 Å². The van der Waals surface area contributed by atoms with Crippen LogP contribution in [-0.4, -0.2) is 49.4 Å². The van der Waals surface area contributed by atoms with E-state index in [4.69, 9.17) is 9.47 Å². The fraction of sp³-hybridized carbons (Fsp3) is 0.588. The first-order chi connectivity index (χ1) is 10.6. The summed E-state index contributed by atoms with van der Waals surface area (Å²) in [6.45, 7) is 7.20. The number of hydrogen-bond donors (Lipinski definition) is 1. The van der Waals surface area contributed by atoms with Gasteiger partial charge in [0.15, 0.2) is 5.79 Å². The van der Waals surface area contributed by atoms with Crippen molar-refractivity contribution < 1.29 is 14.3 Å². The zero-order chi connectivity index (χ0) is 15.6. The number of aryl methyl sites for hydroxylation is 2. The average Bonchev–Trinajstić information content (AvgIpc) is 2.95. The van der Waals surface area contributed by atoms with Crippen molar-refractivity contribution in [1.82, 2.24) is 4.90 Å². The third-order valence-corrected chi connectivity index (χ3v) is 4.50. The number of ether oxygens (including phenoxy) is 2. The highest BCUT2D eigenvalue weighted by Gasteiger charge is 2.40. The van der Waals surface area contributed by atoms with Gasteiger partial charge < -0.3 is 19.7 Å². The first-order valence-corrected chi connectivity index (χ1v) is 7.95. The minimum atomic E-state index is -0.419. The second kappa shape index (κ2) is 6.26. The van der Waals surface area contributed by atoms with Crippen molar-refractivity contribution in [3.63, 3.8) is 0 Å². The Bertz CT molecular complexity index is 543. The summed E-state index contributed by atoms with van der Waals surface area (Å²) in [7, 11) is 0. The van der Waals surface area contributed by atoms with Crippen molar-refractivity contribution in [2.45, 2.75) is 32.5 Å². The molecule has 0 saturated carbocycles. The summed E-state index contributed by atoms with van der Waals surface area (Å²) in [5, 5.41) is 3.24. The molecule has 5 heteroatoms. The van der Waals surface area contributed by atoms with Gasteiger partial charge in [0.2, 0.25) is 5.91 Å². The molecule has 2 aliphatic heterocycles. The molecule has 2 aliphatic rings. The molecule has 2 fully saturated rings. The molecule has 1 N–H and O–H groups in total. The number of amides is 1. The highest BCUT2D eigenvalue weighted by atomic mass is 16.7. The van der Waals surface area contributed by atoms with Crippen LogP contribution >= 0.6 is 0 Å². The molecule has 1 spiro atoms. The smallest absolute Gasteiger partial charge is 0.241 e. The van der Waals surface area contributed by atoms with Crippen LogP contribution in [0.5, 0.6) is 0 Å². The Kier molecular flexibility index (Phi) is 4.36. The van der Waals surface area contributed by atoms with E-state index in [9.17, 15) is 4.79 Å². The molecule has 0 atom stereocenters. The van der Waals surface area contributed by atoms with E-state index in [0.717, 1.165) is 24.1 Å². The highest BCUT2D eigenvalue weighted by Crippen LogP contribution is 2.31. The predicted molar refractivity (Wildman–Crippen MR) is 84.9 cm³/mol.